The largest absolute Gasteiger partial charge is 0.756 e. The van der Waals surface area contributed by atoms with Gasteiger partial charge in [0.05, 0.1) is 33.8 Å². The van der Waals surface area contributed by atoms with E-state index in [-0.39, 0.29) is 31.5 Å². The highest BCUT2D eigenvalue weighted by Crippen LogP contribution is 2.38. The van der Waals surface area contributed by atoms with E-state index >= 15 is 0 Å². The molecular formula is C69H135N2O7P. The van der Waals surface area contributed by atoms with E-state index in [1.807, 2.05) is 33.3 Å². The first kappa shape index (κ1) is 77.5. The zero-order valence-corrected chi connectivity index (χ0v) is 54.5. The molecule has 0 heterocycles. The Balaban J connectivity index is 5.13. The molecule has 0 radical (unpaired) electrons. The average molecular weight is 1140 g/mol. The van der Waals surface area contributed by atoms with Crippen LogP contribution in [0.1, 0.15) is 355 Å². The first-order valence-corrected chi connectivity index (χ1v) is 36.1. The lowest BCUT2D eigenvalue weighted by molar-refractivity contribution is -0.870. The van der Waals surface area contributed by atoms with Crippen LogP contribution in [0.25, 0.3) is 0 Å². The van der Waals surface area contributed by atoms with Gasteiger partial charge in [-0.3, -0.25) is 14.2 Å². The van der Waals surface area contributed by atoms with Crippen LogP contribution in [0.15, 0.2) is 24.3 Å². The molecule has 1 N–H and O–H groups in total. The predicted octanol–water partition coefficient (Wildman–Crippen LogP) is 21.0. The van der Waals surface area contributed by atoms with Gasteiger partial charge >= 0.3 is 5.97 Å². The standard InChI is InChI=1S/C69H135N2O7P/c1-7-10-13-16-19-22-25-28-30-32-34-35-37-39-41-44-47-50-53-56-59-62-69(73)78-67(60-57-54-51-48-45-42-27-24-21-18-15-12-9-3)66(65-77-79(74,75)76-64-63-71(4,5)6)70-68(72)61-58-55-52-49-46-43-40-38-36-33-31-29-26-23-20-17-14-11-8-2/h29,31,57,60,66-67H,7-28,30,32-56,58-59,61-65H2,1-6H3,(H-,70,72,74,75)/b31-29+,60-57+. The fourth-order valence-electron chi connectivity index (χ4n) is 10.5. The van der Waals surface area contributed by atoms with E-state index in [9.17, 15) is 19.0 Å². The maximum atomic E-state index is 13.6. The molecule has 0 aromatic rings. The van der Waals surface area contributed by atoms with E-state index in [4.69, 9.17) is 13.8 Å². The van der Waals surface area contributed by atoms with E-state index in [0.29, 0.717) is 17.4 Å². The monoisotopic (exact) mass is 1140 g/mol. The minimum absolute atomic E-state index is 0.0188. The van der Waals surface area contributed by atoms with Crippen LogP contribution in [-0.4, -0.2) is 69.4 Å². The molecule has 79 heavy (non-hydrogen) atoms. The molecule has 468 valence electrons. The summed E-state index contributed by atoms with van der Waals surface area (Å²) in [5.74, 6) is -0.521. The van der Waals surface area contributed by atoms with Crippen molar-refractivity contribution in [3.05, 3.63) is 24.3 Å². The SMILES string of the molecule is CCCCCCCC/C=C/CCCCCCCCCCCC(=O)NC(COP(=O)([O-])OCC[N+](C)(C)C)C(/C=C/CCCCCCCCCCCCC)OC(=O)CCCCCCCCCCCCCCCCCCCCCCC. The zero-order chi connectivity index (χ0) is 57.9. The van der Waals surface area contributed by atoms with Gasteiger partial charge < -0.3 is 28.5 Å². The maximum absolute atomic E-state index is 13.6. The van der Waals surface area contributed by atoms with Gasteiger partial charge in [0.25, 0.3) is 7.82 Å². The summed E-state index contributed by atoms with van der Waals surface area (Å²) in [6.45, 7) is 6.90. The lowest BCUT2D eigenvalue weighted by Crippen LogP contribution is -2.47. The summed E-state index contributed by atoms with van der Waals surface area (Å²) in [5.41, 5.74) is 0. The fourth-order valence-corrected chi connectivity index (χ4v) is 11.2. The minimum atomic E-state index is -4.70. The van der Waals surface area contributed by atoms with Crippen LogP contribution in [-0.2, 0) is 27.9 Å². The Morgan fingerprint density at radius 1 is 0.430 bits per heavy atom. The van der Waals surface area contributed by atoms with Gasteiger partial charge in [-0.2, -0.15) is 0 Å². The molecule has 10 heteroatoms. The van der Waals surface area contributed by atoms with Gasteiger partial charge in [-0.05, 0) is 57.4 Å². The Morgan fingerprint density at radius 3 is 1.08 bits per heavy atom. The number of likely N-dealkylation sites (N-methyl/N-ethyl adjacent to an activating group) is 1. The zero-order valence-electron chi connectivity index (χ0n) is 53.6. The summed E-state index contributed by atoms with van der Waals surface area (Å²) >= 11 is 0. The van der Waals surface area contributed by atoms with Crippen LogP contribution in [0, 0.1) is 0 Å². The Bertz CT molecular complexity index is 1400. The molecule has 0 aromatic carbocycles. The van der Waals surface area contributed by atoms with Gasteiger partial charge in [0.2, 0.25) is 5.91 Å². The van der Waals surface area contributed by atoms with E-state index in [1.54, 1.807) is 0 Å². The van der Waals surface area contributed by atoms with Crippen molar-refractivity contribution in [1.82, 2.24) is 5.32 Å². The highest BCUT2D eigenvalue weighted by Gasteiger charge is 2.27. The average Bonchev–Trinajstić information content (AvgIpc) is 3.41. The van der Waals surface area contributed by atoms with Gasteiger partial charge in [-0.15, -0.1) is 0 Å². The molecule has 0 aromatic heterocycles. The van der Waals surface area contributed by atoms with E-state index in [1.165, 1.54) is 263 Å². The summed E-state index contributed by atoms with van der Waals surface area (Å²) < 4.78 is 30.4. The Morgan fingerprint density at radius 2 is 0.734 bits per heavy atom. The molecular weight excluding hydrogens is 1000 g/mol. The van der Waals surface area contributed by atoms with Crippen molar-refractivity contribution in [2.45, 2.75) is 367 Å². The topological polar surface area (TPSA) is 114 Å². The number of hydrogen-bond acceptors (Lipinski definition) is 7. The van der Waals surface area contributed by atoms with Gasteiger partial charge in [0, 0.05) is 12.8 Å². The van der Waals surface area contributed by atoms with Crippen LogP contribution >= 0.6 is 7.82 Å². The lowest BCUT2D eigenvalue weighted by Gasteiger charge is -2.30. The molecule has 0 rings (SSSR count). The lowest BCUT2D eigenvalue weighted by atomic mass is 10.0. The van der Waals surface area contributed by atoms with Crippen molar-refractivity contribution in [3.63, 3.8) is 0 Å². The fraction of sp³-hybridized carbons (Fsp3) is 0.913. The highest BCUT2D eigenvalue weighted by molar-refractivity contribution is 7.45. The van der Waals surface area contributed by atoms with Crippen LogP contribution < -0.4 is 10.2 Å². The second-order valence-corrected chi connectivity index (χ2v) is 26.5. The number of unbranched alkanes of at least 4 members (excludes halogenated alkanes) is 46. The van der Waals surface area contributed by atoms with Crippen LogP contribution in [0.2, 0.25) is 0 Å². The number of nitrogens with one attached hydrogen (secondary N) is 1. The molecule has 1 amide bonds. The smallest absolute Gasteiger partial charge is 0.306 e. The number of nitrogens with zero attached hydrogens (tertiary/aromatic N) is 1. The quantitative estimate of drug-likeness (QED) is 0.0212. The van der Waals surface area contributed by atoms with Crippen molar-refractivity contribution < 1.29 is 37.3 Å². The van der Waals surface area contributed by atoms with Crippen molar-refractivity contribution in [2.24, 2.45) is 0 Å². The van der Waals surface area contributed by atoms with Gasteiger partial charge in [0.15, 0.2) is 0 Å². The molecule has 0 aliphatic rings. The Kier molecular flexibility index (Phi) is 58.5. The van der Waals surface area contributed by atoms with E-state index in [2.05, 4.69) is 38.2 Å². The summed E-state index contributed by atoms with van der Waals surface area (Å²) in [6, 6.07) is -0.884. The molecule has 0 saturated carbocycles. The number of allylic oxidation sites excluding steroid dienone is 3. The summed E-state index contributed by atoms with van der Waals surface area (Å²) in [4.78, 5) is 40.1. The number of carbonyl (C=O) groups excluding carboxylic acids is 2. The molecule has 0 fully saturated rings. The van der Waals surface area contributed by atoms with Crippen molar-refractivity contribution in [3.8, 4) is 0 Å². The predicted molar refractivity (Wildman–Crippen MR) is 340 cm³/mol. The molecule has 0 bridgehead atoms. The third kappa shape index (κ3) is 60.9. The molecule has 3 atom stereocenters. The van der Waals surface area contributed by atoms with Gasteiger partial charge in [-0.25, -0.2) is 0 Å². The number of phosphoric acid groups is 1. The normalized spacial score (nSPS) is 13.7. The first-order chi connectivity index (χ1) is 38.4. The molecule has 3 unspecified atom stereocenters. The molecule has 0 spiro atoms. The third-order valence-electron chi connectivity index (χ3n) is 15.9. The number of phosphoric ester groups is 1. The third-order valence-corrected chi connectivity index (χ3v) is 16.8. The number of esters is 1. The number of quaternary nitrogens is 1. The van der Waals surface area contributed by atoms with Crippen molar-refractivity contribution in [1.29, 1.82) is 0 Å². The second-order valence-electron chi connectivity index (χ2n) is 25.0. The highest BCUT2D eigenvalue weighted by atomic mass is 31.2. The van der Waals surface area contributed by atoms with Gasteiger partial charge in [0.1, 0.15) is 19.3 Å². The minimum Gasteiger partial charge on any atom is -0.756 e. The van der Waals surface area contributed by atoms with Crippen LogP contribution in [0.5, 0.6) is 0 Å². The summed E-state index contributed by atoms with van der Waals surface area (Å²) in [5, 5.41) is 3.05. The van der Waals surface area contributed by atoms with Crippen LogP contribution in [0.4, 0.5) is 0 Å². The Hall–Kier alpha value is -1.51. The number of ether oxygens (including phenoxy) is 1. The number of amides is 1. The van der Waals surface area contributed by atoms with E-state index in [0.717, 1.165) is 57.8 Å². The first-order valence-electron chi connectivity index (χ1n) is 34.6. The van der Waals surface area contributed by atoms with Crippen molar-refractivity contribution >= 4 is 19.7 Å². The molecule has 0 aliphatic heterocycles. The number of hydrogen-bond donors (Lipinski definition) is 1. The summed E-state index contributed by atoms with van der Waals surface area (Å²) in [6.07, 6.45) is 71.5. The maximum Gasteiger partial charge on any atom is 0.306 e. The van der Waals surface area contributed by atoms with Crippen molar-refractivity contribution in [2.75, 3.05) is 40.9 Å². The summed E-state index contributed by atoms with van der Waals surface area (Å²) in [7, 11) is 1.20. The van der Waals surface area contributed by atoms with E-state index < -0.39 is 20.0 Å². The van der Waals surface area contributed by atoms with Crippen LogP contribution in [0.3, 0.4) is 0 Å². The molecule has 9 nitrogen and oxygen atoms in total. The number of rotatable bonds is 64. The molecule has 0 saturated heterocycles. The molecule has 0 aliphatic carbocycles. The second kappa shape index (κ2) is 59.6. The van der Waals surface area contributed by atoms with Gasteiger partial charge in [-0.1, -0.05) is 309 Å². The Labute approximate surface area is 492 Å². The number of carbonyl (C=O) groups is 2.